The molecule has 22 heteroatoms. The van der Waals surface area contributed by atoms with E-state index in [1.165, 1.54) is 102 Å². The van der Waals surface area contributed by atoms with Crippen molar-refractivity contribution in [2.75, 3.05) is 5.73 Å². The van der Waals surface area contributed by atoms with Gasteiger partial charge in [-0.15, -0.1) is 0 Å². The molecule has 18 aromatic rings. The predicted molar refractivity (Wildman–Crippen MR) is 440 cm³/mol. The molecule has 0 radical (unpaired) electrons. The largest absolute Gasteiger partial charge is 0.393 e. The van der Waals surface area contributed by atoms with Crippen molar-refractivity contribution in [3.63, 3.8) is 0 Å². The number of imidazole rings is 3. The lowest BCUT2D eigenvalue weighted by Gasteiger charge is -2.10. The molecule has 0 aliphatic rings. The van der Waals surface area contributed by atoms with Gasteiger partial charge < -0.3 is 10.7 Å². The Morgan fingerprint density at radius 2 is 0.802 bits per heavy atom. The number of aromatic nitrogens is 6. The highest BCUT2D eigenvalue weighted by molar-refractivity contribution is 6.67. The maximum Gasteiger partial charge on any atom is 0.293 e. The van der Waals surface area contributed by atoms with Gasteiger partial charge in [0.15, 0.2) is 6.29 Å². The van der Waals surface area contributed by atoms with E-state index in [9.17, 15) is 42.5 Å². The van der Waals surface area contributed by atoms with Crippen LogP contribution in [0.15, 0.2) is 315 Å². The Labute approximate surface area is 656 Å². The van der Waals surface area contributed by atoms with Crippen LogP contribution < -0.4 is 5.73 Å². The van der Waals surface area contributed by atoms with Crippen molar-refractivity contribution < 1.29 is 37.3 Å². The molecule has 3 N–H and O–H groups in total. The summed E-state index contributed by atoms with van der Waals surface area (Å²) in [7, 11) is 0. The van der Waals surface area contributed by atoms with Gasteiger partial charge in [0.05, 0.1) is 38.0 Å². The van der Waals surface area contributed by atoms with Crippen molar-refractivity contribution in [2.45, 2.75) is 0 Å². The van der Waals surface area contributed by atoms with Crippen LogP contribution in [0.1, 0.15) is 41.4 Å². The Morgan fingerprint density at radius 1 is 0.405 bits per heavy atom. The fourth-order valence-electron chi connectivity index (χ4n) is 12.3. The van der Waals surface area contributed by atoms with E-state index >= 15 is 0 Å². The summed E-state index contributed by atoms with van der Waals surface area (Å²) in [6.07, 6.45) is 0.891. The third-order valence-corrected chi connectivity index (χ3v) is 18.7. The number of nitro benzene ring substituents is 1. The Kier molecular flexibility index (Phi) is 23.6. The fourth-order valence-corrected chi connectivity index (χ4v) is 13.1. The second kappa shape index (κ2) is 34.4. The number of benzene rings is 15. The number of hydrogen-bond acceptors (Lipinski definition) is 10. The van der Waals surface area contributed by atoms with Crippen LogP contribution in [0.3, 0.4) is 0 Å². The van der Waals surface area contributed by atoms with Crippen LogP contribution in [-0.4, -0.2) is 57.3 Å². The Balaban J connectivity index is 0.000000123. The van der Waals surface area contributed by atoms with Gasteiger partial charge in [-0.1, -0.05) is 216 Å². The average molecular weight is 1570 g/mol. The number of hydrogen-bond donors (Lipinski definition) is 2. The van der Waals surface area contributed by atoms with Crippen molar-refractivity contribution in [1.29, 1.82) is 0 Å². The van der Waals surface area contributed by atoms with E-state index in [0.717, 1.165) is 77.7 Å². The molecule has 0 spiro atoms. The molecule has 0 saturated heterocycles. The van der Waals surface area contributed by atoms with Gasteiger partial charge in [-0.2, -0.15) is 0 Å². The lowest BCUT2D eigenvalue weighted by Crippen LogP contribution is -2.13. The third-order valence-electron chi connectivity index (χ3n) is 17.6. The van der Waals surface area contributed by atoms with E-state index in [-0.39, 0.29) is 29.0 Å². The van der Waals surface area contributed by atoms with E-state index in [0.29, 0.717) is 70.5 Å². The molecule has 0 amide bonds. The number of aldehydes is 1. The number of nitrogens with two attached hydrogens (primary N) is 1. The molecule has 14 nitrogen and oxygen atoms in total. The van der Waals surface area contributed by atoms with Crippen LogP contribution in [-0.2, 0) is 0 Å². The van der Waals surface area contributed by atoms with Crippen molar-refractivity contribution in [3.05, 3.63) is 385 Å². The van der Waals surface area contributed by atoms with Crippen molar-refractivity contribution in [1.82, 2.24) is 29.1 Å². The zero-order valence-electron chi connectivity index (χ0n) is 57.8. The number of rotatable bonds is 8. The van der Waals surface area contributed by atoms with Crippen LogP contribution in [0.25, 0.3) is 110 Å². The smallest absolute Gasteiger partial charge is 0.293 e. The Bertz CT molecular complexity index is 6460. The van der Waals surface area contributed by atoms with E-state index in [2.05, 4.69) is 40.3 Å². The fraction of sp³-hybridized carbons (Fsp3) is 0. The summed E-state index contributed by atoms with van der Waals surface area (Å²) in [5.41, 5.74) is 14.3. The SMILES string of the molecule is Clc1ccc2nc(-c3cccc4ccccc34)[nH]c2c1.Nc1ccc(Cl)cc1[N+](=O)[O-].O=C(Cl)c1ccc(F)cc1.O=C(c1ccc(F)cc1)n1c(-c2cccc3ccccc23)nc2cc(Cl)ccc21.O=C(c1ccc(F)cc1)n1c(-c2cccc3ccccc23)nc2ccc(Cl)cc21.O=Cc1cccc2ccccc12. The number of nitrogens with zero attached hydrogens (tertiary/aromatic N) is 6. The van der Waals surface area contributed by atoms with Gasteiger partial charge in [-0.25, -0.2) is 28.1 Å². The highest BCUT2D eigenvalue weighted by Gasteiger charge is 2.24. The average Bonchev–Trinajstić information content (AvgIpc) is 1.62. The first-order valence-electron chi connectivity index (χ1n) is 33.9. The van der Waals surface area contributed by atoms with Gasteiger partial charge in [-0.3, -0.25) is 38.4 Å². The molecule has 544 valence electrons. The maximum absolute atomic E-state index is 13.4. The minimum atomic E-state index is -0.569. The molecule has 3 aromatic heterocycles. The summed E-state index contributed by atoms with van der Waals surface area (Å²) in [6.45, 7) is 0. The van der Waals surface area contributed by atoms with Gasteiger partial charge in [0, 0.05) is 65.1 Å². The molecule has 0 unspecified atom stereocenters. The summed E-state index contributed by atoms with van der Waals surface area (Å²) in [6, 6.07) is 92.3. The number of aromatic amines is 1. The van der Waals surface area contributed by atoms with Crippen LogP contribution in [0.4, 0.5) is 24.5 Å². The molecule has 0 atom stereocenters. The van der Waals surface area contributed by atoms with E-state index in [1.807, 2.05) is 158 Å². The standard InChI is InChI=1S/2C24H14ClFN2O.C17H11ClN2.C11H8O.C7H4ClFO.C6H5ClN2O2/c25-17-10-13-22-21(14-17)27-23(20-7-3-5-15-4-1-2-6-19(15)20)28(22)24(29)16-8-11-18(26)12-9-16;25-17-10-13-21-22(14-17)28(24(29)16-8-11-18(26)12-9-16)23(27-21)20-7-3-5-15-4-1-2-6-19(15)20;18-12-8-9-15-16(10-12)20-17(19-15)14-7-3-5-11-4-1-2-6-13(11)14;12-8-10-6-3-5-9-4-1-2-7-11(9)10;8-7(10)5-1-3-6(9)4-2-5;7-4-1-2-5(8)6(3-4)9(10)11/h2*1-14H;1-10H,(H,19,20);1-8H;1-4H;1-3H,8H2. The van der Waals surface area contributed by atoms with E-state index in [1.54, 1.807) is 45.5 Å². The highest BCUT2D eigenvalue weighted by Crippen LogP contribution is 2.36. The van der Waals surface area contributed by atoms with Crippen LogP contribution in [0.5, 0.6) is 0 Å². The number of nitrogen functional groups attached to an aromatic ring is 1. The second-order valence-corrected chi connectivity index (χ2v) is 26.8. The number of H-pyrrole nitrogens is 1. The number of halogens is 8. The molecule has 0 saturated carbocycles. The first-order valence-corrected chi connectivity index (χ1v) is 35.8. The van der Waals surface area contributed by atoms with Crippen molar-refractivity contribution >= 4 is 169 Å². The predicted octanol–water partition coefficient (Wildman–Crippen LogP) is 24.4. The molecular formula is C89H56Cl5F3N8O6. The number of carbonyl (C=O) groups excluding carboxylic acids is 4. The molecule has 0 aliphatic heterocycles. The quantitative estimate of drug-likeness (QED) is 0.0485. The van der Waals surface area contributed by atoms with Gasteiger partial charge >= 0.3 is 0 Å². The molecule has 18 rings (SSSR count). The summed E-state index contributed by atoms with van der Waals surface area (Å²) in [4.78, 5) is 75.0. The second-order valence-electron chi connectivity index (χ2n) is 24.7. The Hall–Kier alpha value is -13.1. The summed E-state index contributed by atoms with van der Waals surface area (Å²) in [5, 5.41) is 20.4. The number of fused-ring (bicyclic) bond motifs is 7. The Morgan fingerprint density at radius 3 is 1.31 bits per heavy atom. The molecule has 3 heterocycles. The molecular weight excluding hydrogens is 1510 g/mol. The summed E-state index contributed by atoms with van der Waals surface area (Å²) < 4.78 is 42.1. The van der Waals surface area contributed by atoms with Crippen LogP contribution >= 0.6 is 58.0 Å². The number of nitrogens with one attached hydrogen (secondary N) is 1. The van der Waals surface area contributed by atoms with E-state index in [4.69, 9.17) is 73.7 Å². The zero-order valence-corrected chi connectivity index (χ0v) is 61.6. The van der Waals surface area contributed by atoms with Gasteiger partial charge in [0.1, 0.15) is 40.6 Å². The summed E-state index contributed by atoms with van der Waals surface area (Å²) >= 11 is 29.0. The monoisotopic (exact) mass is 1560 g/mol. The maximum atomic E-state index is 13.4. The molecule has 0 bridgehead atoms. The van der Waals surface area contributed by atoms with E-state index < -0.39 is 21.8 Å². The third kappa shape index (κ3) is 17.6. The zero-order chi connectivity index (χ0) is 77.8. The topological polar surface area (TPSA) is 202 Å². The number of anilines is 1. The minimum absolute atomic E-state index is 0.124. The molecule has 0 fully saturated rings. The molecule has 111 heavy (non-hydrogen) atoms. The lowest BCUT2D eigenvalue weighted by molar-refractivity contribution is -0.383. The normalized spacial score (nSPS) is 10.8. The first-order chi connectivity index (χ1) is 53.8. The van der Waals surface area contributed by atoms with Crippen LogP contribution in [0, 0.1) is 27.6 Å². The van der Waals surface area contributed by atoms with Crippen molar-refractivity contribution in [2.24, 2.45) is 0 Å². The highest BCUT2D eigenvalue weighted by atomic mass is 35.5. The number of carbonyl (C=O) groups is 4. The number of nitro groups is 1. The molecule has 0 aliphatic carbocycles. The van der Waals surface area contributed by atoms with Gasteiger partial charge in [0.25, 0.3) is 22.7 Å². The first kappa shape index (κ1) is 76.1. The van der Waals surface area contributed by atoms with Gasteiger partial charge in [-0.05, 0) is 194 Å². The van der Waals surface area contributed by atoms with Crippen molar-refractivity contribution in [3.8, 4) is 34.2 Å². The lowest BCUT2D eigenvalue weighted by atomic mass is 10.0. The summed E-state index contributed by atoms with van der Waals surface area (Å²) in [5.74, 6) is 0.186. The minimum Gasteiger partial charge on any atom is -0.393 e. The molecule has 15 aromatic carbocycles. The van der Waals surface area contributed by atoms with Gasteiger partial charge in [0.2, 0.25) is 0 Å². The van der Waals surface area contributed by atoms with Crippen LogP contribution in [0.2, 0.25) is 20.1 Å².